The van der Waals surface area contributed by atoms with Crippen molar-refractivity contribution in [2.24, 2.45) is 0 Å². The molecule has 0 heterocycles. The zero-order valence-corrected chi connectivity index (χ0v) is 14.4. The first kappa shape index (κ1) is 18.4. The lowest BCUT2D eigenvalue weighted by molar-refractivity contribution is -0.116. The largest absolute Gasteiger partial charge is 0.325 e. The van der Waals surface area contributed by atoms with E-state index in [0.29, 0.717) is 16.3 Å². The molecule has 0 fully saturated rings. The van der Waals surface area contributed by atoms with Gasteiger partial charge in [0.2, 0.25) is 15.9 Å². The van der Waals surface area contributed by atoms with Crippen LogP contribution in [0.25, 0.3) is 0 Å². The molecular formula is C16H16ClFN2O3S. The number of amides is 1. The standard InChI is InChI=1S/C16H16ClFN2O3S/c1-24(22,23)20-15(11-6-8-12(18)9-7-11)10-16(21)19-14-5-3-2-4-13(14)17/h2-9,15,20H,10H2,1H3,(H,19,21). The first-order valence-corrected chi connectivity index (χ1v) is 9.29. The van der Waals surface area contributed by atoms with Crippen LogP contribution in [0.2, 0.25) is 5.02 Å². The number of para-hydroxylation sites is 1. The normalized spacial score (nSPS) is 12.6. The molecule has 2 aromatic rings. The molecule has 24 heavy (non-hydrogen) atoms. The Hall–Kier alpha value is -1.96. The van der Waals surface area contributed by atoms with Gasteiger partial charge in [-0.15, -0.1) is 0 Å². The van der Waals surface area contributed by atoms with E-state index in [2.05, 4.69) is 10.0 Å². The van der Waals surface area contributed by atoms with Crippen LogP contribution in [0.1, 0.15) is 18.0 Å². The van der Waals surface area contributed by atoms with E-state index in [9.17, 15) is 17.6 Å². The number of hydrogen-bond donors (Lipinski definition) is 2. The quantitative estimate of drug-likeness (QED) is 0.820. The highest BCUT2D eigenvalue weighted by molar-refractivity contribution is 7.88. The molecule has 0 spiro atoms. The van der Waals surface area contributed by atoms with E-state index in [1.807, 2.05) is 0 Å². The lowest BCUT2D eigenvalue weighted by Crippen LogP contribution is -2.30. The molecule has 5 nitrogen and oxygen atoms in total. The minimum absolute atomic E-state index is 0.163. The number of rotatable bonds is 6. The highest BCUT2D eigenvalue weighted by Crippen LogP contribution is 2.23. The Labute approximate surface area is 144 Å². The topological polar surface area (TPSA) is 75.3 Å². The van der Waals surface area contributed by atoms with Crippen LogP contribution in [0.15, 0.2) is 48.5 Å². The van der Waals surface area contributed by atoms with Gasteiger partial charge in [-0.1, -0.05) is 35.9 Å². The van der Waals surface area contributed by atoms with Crippen molar-refractivity contribution in [3.8, 4) is 0 Å². The van der Waals surface area contributed by atoms with Gasteiger partial charge in [-0.3, -0.25) is 4.79 Å². The maximum Gasteiger partial charge on any atom is 0.226 e. The van der Waals surface area contributed by atoms with Crippen molar-refractivity contribution in [2.75, 3.05) is 11.6 Å². The third-order valence-electron chi connectivity index (χ3n) is 3.17. The number of nitrogens with one attached hydrogen (secondary N) is 2. The maximum atomic E-state index is 13.0. The number of sulfonamides is 1. The fraction of sp³-hybridized carbons (Fsp3) is 0.188. The van der Waals surface area contributed by atoms with Crippen molar-refractivity contribution >= 4 is 33.2 Å². The second-order valence-electron chi connectivity index (χ2n) is 5.23. The molecule has 0 bridgehead atoms. The van der Waals surface area contributed by atoms with Crippen molar-refractivity contribution in [1.82, 2.24) is 4.72 Å². The average Bonchev–Trinajstić information content (AvgIpc) is 2.48. The summed E-state index contributed by atoms with van der Waals surface area (Å²) in [5, 5.41) is 3.00. The van der Waals surface area contributed by atoms with Crippen molar-refractivity contribution in [2.45, 2.75) is 12.5 Å². The summed E-state index contributed by atoms with van der Waals surface area (Å²) in [6, 6.07) is 11.2. The van der Waals surface area contributed by atoms with Gasteiger partial charge in [0.25, 0.3) is 0 Å². The molecule has 128 valence electrons. The maximum absolute atomic E-state index is 13.0. The molecule has 1 amide bonds. The highest BCUT2D eigenvalue weighted by Gasteiger charge is 2.20. The zero-order valence-electron chi connectivity index (χ0n) is 12.8. The van der Waals surface area contributed by atoms with E-state index in [1.54, 1.807) is 24.3 Å². The van der Waals surface area contributed by atoms with Gasteiger partial charge in [-0.2, -0.15) is 0 Å². The average molecular weight is 371 g/mol. The Bertz CT molecular complexity index is 825. The Morgan fingerprint density at radius 3 is 2.38 bits per heavy atom. The van der Waals surface area contributed by atoms with E-state index >= 15 is 0 Å². The van der Waals surface area contributed by atoms with Crippen molar-refractivity contribution in [3.05, 3.63) is 64.9 Å². The van der Waals surface area contributed by atoms with Crippen LogP contribution in [0.3, 0.4) is 0 Å². The molecule has 0 aliphatic heterocycles. The van der Waals surface area contributed by atoms with Crippen LogP contribution in [0.5, 0.6) is 0 Å². The molecule has 0 aliphatic rings. The summed E-state index contributed by atoms with van der Waals surface area (Å²) in [6.45, 7) is 0. The van der Waals surface area contributed by atoms with Gasteiger partial charge < -0.3 is 5.32 Å². The van der Waals surface area contributed by atoms with Crippen LogP contribution in [-0.2, 0) is 14.8 Å². The van der Waals surface area contributed by atoms with Crippen LogP contribution >= 0.6 is 11.6 Å². The second kappa shape index (κ2) is 7.74. The van der Waals surface area contributed by atoms with Gasteiger partial charge in [0.05, 0.1) is 23.0 Å². The molecule has 0 saturated heterocycles. The summed E-state index contributed by atoms with van der Waals surface area (Å²) < 4.78 is 38.5. The van der Waals surface area contributed by atoms with E-state index in [4.69, 9.17) is 11.6 Å². The highest BCUT2D eigenvalue weighted by atomic mass is 35.5. The molecule has 2 N–H and O–H groups in total. The van der Waals surface area contributed by atoms with Crippen molar-refractivity contribution < 1.29 is 17.6 Å². The Balaban J connectivity index is 2.17. The molecule has 8 heteroatoms. The molecule has 1 atom stereocenters. The third kappa shape index (κ3) is 5.59. The number of benzene rings is 2. The monoisotopic (exact) mass is 370 g/mol. The van der Waals surface area contributed by atoms with E-state index in [0.717, 1.165) is 6.26 Å². The molecular weight excluding hydrogens is 355 g/mol. The predicted molar refractivity (Wildman–Crippen MR) is 91.8 cm³/mol. The fourth-order valence-corrected chi connectivity index (χ4v) is 3.05. The summed E-state index contributed by atoms with van der Waals surface area (Å²) in [6.07, 6.45) is 0.833. The summed E-state index contributed by atoms with van der Waals surface area (Å²) in [4.78, 5) is 12.2. The van der Waals surface area contributed by atoms with Crippen LogP contribution in [0, 0.1) is 5.82 Å². The molecule has 0 radical (unpaired) electrons. The number of carbonyl (C=O) groups is 1. The van der Waals surface area contributed by atoms with Gasteiger partial charge >= 0.3 is 0 Å². The Kier molecular flexibility index (Phi) is 5.93. The zero-order chi connectivity index (χ0) is 17.7. The fourth-order valence-electron chi connectivity index (χ4n) is 2.13. The summed E-state index contributed by atoms with van der Waals surface area (Å²) >= 11 is 5.98. The van der Waals surface area contributed by atoms with E-state index in [-0.39, 0.29) is 6.42 Å². The first-order valence-electron chi connectivity index (χ1n) is 7.02. The number of hydrogen-bond acceptors (Lipinski definition) is 3. The van der Waals surface area contributed by atoms with Gasteiger partial charge in [0, 0.05) is 6.42 Å². The number of carbonyl (C=O) groups excluding carboxylic acids is 1. The summed E-state index contributed by atoms with van der Waals surface area (Å²) in [5.74, 6) is -0.869. The van der Waals surface area contributed by atoms with Gasteiger partial charge in [0.1, 0.15) is 5.82 Å². The van der Waals surface area contributed by atoms with E-state index < -0.39 is 27.8 Å². The summed E-state index contributed by atoms with van der Waals surface area (Å²) in [7, 11) is -3.56. The molecule has 1 unspecified atom stereocenters. The summed E-state index contributed by atoms with van der Waals surface area (Å²) in [5.41, 5.74) is 0.914. The van der Waals surface area contributed by atoms with Crippen molar-refractivity contribution in [1.29, 1.82) is 0 Å². The Morgan fingerprint density at radius 2 is 1.79 bits per heavy atom. The SMILES string of the molecule is CS(=O)(=O)NC(CC(=O)Nc1ccccc1Cl)c1ccc(F)cc1. The predicted octanol–water partition coefficient (Wildman–Crippen LogP) is 3.10. The smallest absolute Gasteiger partial charge is 0.226 e. The number of anilines is 1. The van der Waals surface area contributed by atoms with Gasteiger partial charge in [0.15, 0.2) is 0 Å². The molecule has 0 aromatic heterocycles. The second-order valence-corrected chi connectivity index (χ2v) is 7.41. The van der Waals surface area contributed by atoms with Gasteiger partial charge in [-0.05, 0) is 29.8 Å². The molecule has 0 aliphatic carbocycles. The number of halogens is 2. The minimum Gasteiger partial charge on any atom is -0.325 e. The molecule has 0 saturated carbocycles. The minimum atomic E-state index is -3.56. The molecule has 2 aromatic carbocycles. The third-order valence-corrected chi connectivity index (χ3v) is 4.21. The Morgan fingerprint density at radius 1 is 1.17 bits per heavy atom. The van der Waals surface area contributed by atoms with Crippen LogP contribution in [0.4, 0.5) is 10.1 Å². The van der Waals surface area contributed by atoms with Crippen LogP contribution in [-0.4, -0.2) is 20.6 Å². The lowest BCUT2D eigenvalue weighted by atomic mass is 10.0. The first-order chi connectivity index (χ1) is 11.2. The van der Waals surface area contributed by atoms with E-state index in [1.165, 1.54) is 24.3 Å². The lowest BCUT2D eigenvalue weighted by Gasteiger charge is -2.18. The van der Waals surface area contributed by atoms with Gasteiger partial charge in [-0.25, -0.2) is 17.5 Å². The van der Waals surface area contributed by atoms with Crippen molar-refractivity contribution in [3.63, 3.8) is 0 Å². The molecule has 2 rings (SSSR count). The van der Waals surface area contributed by atoms with Crippen LogP contribution < -0.4 is 10.0 Å².